The lowest BCUT2D eigenvalue weighted by molar-refractivity contribution is -2.00. The highest BCUT2D eigenvalue weighted by molar-refractivity contribution is 5.88. The maximum atomic E-state index is 12.7. The Kier molecular flexibility index (Phi) is 5.69. The molecule has 30 heavy (non-hydrogen) atoms. The molecule has 0 spiro atoms. The average molecular weight is 426 g/mol. The van der Waals surface area contributed by atoms with Gasteiger partial charge in [-0.2, -0.15) is 4.57 Å². The van der Waals surface area contributed by atoms with Gasteiger partial charge in [-0.15, -0.1) is 10.2 Å². The van der Waals surface area contributed by atoms with E-state index in [1.807, 2.05) is 6.07 Å². The fourth-order valence-corrected chi connectivity index (χ4v) is 4.49. The first-order valence-electron chi connectivity index (χ1n) is 9.68. The van der Waals surface area contributed by atoms with E-state index in [1.54, 1.807) is 0 Å². The van der Waals surface area contributed by atoms with E-state index in [0.717, 1.165) is 25.0 Å². The van der Waals surface area contributed by atoms with Crippen LogP contribution in [-0.2, 0) is 17.8 Å². The second-order valence-electron chi connectivity index (χ2n) is 7.41. The average Bonchev–Trinajstić information content (AvgIpc) is 3.06. The van der Waals surface area contributed by atoms with Gasteiger partial charge in [0.15, 0.2) is 5.69 Å². The quantitative estimate of drug-likeness (QED) is 0.516. The van der Waals surface area contributed by atoms with Crippen LogP contribution in [0.15, 0.2) is 66.7 Å². The zero-order valence-electron chi connectivity index (χ0n) is 16.1. The molecule has 6 nitrogen and oxygen atoms in total. The summed E-state index contributed by atoms with van der Waals surface area (Å²) < 4.78 is 36.3. The maximum Gasteiger partial charge on any atom is 0.213 e. The van der Waals surface area contributed by atoms with Gasteiger partial charge in [0.05, 0.1) is 0 Å². The number of hydrogen-bond donors (Lipinski definition) is 0. The maximum absolute atomic E-state index is 12.7. The summed E-state index contributed by atoms with van der Waals surface area (Å²) in [6, 6.07) is 23.4. The number of halogens is 1. The van der Waals surface area contributed by atoms with Crippen molar-refractivity contribution in [2.75, 3.05) is 0 Å². The smallest absolute Gasteiger partial charge is 0.213 e. The molecule has 0 bridgehead atoms. The van der Waals surface area contributed by atoms with Crippen molar-refractivity contribution in [2.45, 2.75) is 31.7 Å². The fraction of sp³-hybridized carbons (Fsp3) is 0.217. The van der Waals surface area contributed by atoms with Crippen molar-refractivity contribution in [1.82, 2.24) is 0 Å². The number of pyridine rings is 1. The summed E-state index contributed by atoms with van der Waals surface area (Å²) in [4.78, 5) is 12.7. The molecular weight excluding hydrogens is 406 g/mol. The summed E-state index contributed by atoms with van der Waals surface area (Å²) in [5.41, 5.74) is 7.55. The molecule has 154 valence electrons. The van der Waals surface area contributed by atoms with Crippen LogP contribution in [0.3, 0.4) is 0 Å². The summed E-state index contributed by atoms with van der Waals surface area (Å²) in [5.74, 6) is 0.471. The lowest BCUT2D eigenvalue weighted by atomic mass is 9.82. The summed E-state index contributed by atoms with van der Waals surface area (Å²) >= 11 is 0. The standard InChI is InChI=1S/C23H20NO.ClHO4/c25-22-15-24-21(17-10-5-2-6-11-17)14-20(16-8-3-1-4-9-16)18-12-7-13-19(22)23(18)24;2-1(3,4)5/h1-6,8-11,14,19H,7,12-13,15H2;(H,2,3,4,5)/q+1;/p-1. The van der Waals surface area contributed by atoms with Crippen molar-refractivity contribution in [3.63, 3.8) is 0 Å². The number of Topliss-reactive ketones (excluding diaryl/α,β-unsaturated/α-hetero) is 1. The highest BCUT2D eigenvalue weighted by atomic mass is 35.7. The highest BCUT2D eigenvalue weighted by Gasteiger charge is 2.45. The van der Waals surface area contributed by atoms with Gasteiger partial charge in [0.2, 0.25) is 18.0 Å². The Hall–Kier alpha value is -2.61. The number of benzene rings is 2. The zero-order valence-corrected chi connectivity index (χ0v) is 16.9. The molecular formula is C23H20ClNO5. The lowest BCUT2D eigenvalue weighted by Gasteiger charge is -2.20. The second kappa shape index (κ2) is 8.26. The molecule has 0 fully saturated rings. The van der Waals surface area contributed by atoms with Crippen LogP contribution >= 0.6 is 0 Å². The third-order valence-corrected chi connectivity index (χ3v) is 5.60. The van der Waals surface area contributed by atoms with E-state index in [-0.39, 0.29) is 5.92 Å². The fourth-order valence-electron chi connectivity index (χ4n) is 4.49. The molecule has 2 aromatic carbocycles. The molecule has 2 aliphatic rings. The minimum absolute atomic E-state index is 0.0925. The van der Waals surface area contributed by atoms with Crippen LogP contribution in [0, 0.1) is 10.2 Å². The van der Waals surface area contributed by atoms with Crippen LogP contribution < -0.4 is 23.2 Å². The Labute approximate surface area is 176 Å². The van der Waals surface area contributed by atoms with E-state index < -0.39 is 10.2 Å². The topological polar surface area (TPSA) is 113 Å². The van der Waals surface area contributed by atoms with E-state index in [1.165, 1.54) is 27.9 Å². The normalized spacial score (nSPS) is 17.2. The molecule has 1 unspecified atom stereocenters. The number of nitrogens with zero attached hydrogens (tertiary/aromatic N) is 1. The summed E-state index contributed by atoms with van der Waals surface area (Å²) in [7, 11) is -4.94. The largest absolute Gasteiger partial charge is 0.292 e. The molecule has 0 radical (unpaired) electrons. The first kappa shape index (κ1) is 20.7. The third-order valence-electron chi connectivity index (χ3n) is 5.60. The van der Waals surface area contributed by atoms with Gasteiger partial charge in [0.25, 0.3) is 0 Å². The number of hydrogen-bond acceptors (Lipinski definition) is 5. The van der Waals surface area contributed by atoms with Gasteiger partial charge in [-0.3, -0.25) is 4.79 Å². The van der Waals surface area contributed by atoms with E-state index in [2.05, 4.69) is 65.2 Å². The Balaban J connectivity index is 0.000000393. The Morgan fingerprint density at radius 3 is 2.03 bits per heavy atom. The van der Waals surface area contributed by atoms with Crippen molar-refractivity contribution >= 4 is 5.78 Å². The summed E-state index contributed by atoms with van der Waals surface area (Å²) in [6.45, 7) is 0.520. The molecule has 0 saturated heterocycles. The molecule has 1 aliphatic heterocycles. The molecule has 5 rings (SSSR count). The van der Waals surface area contributed by atoms with Gasteiger partial charge in [-0.05, 0) is 42.5 Å². The molecule has 1 aliphatic carbocycles. The van der Waals surface area contributed by atoms with Crippen molar-refractivity contribution in [1.29, 1.82) is 0 Å². The van der Waals surface area contributed by atoms with Gasteiger partial charge in [0, 0.05) is 17.2 Å². The van der Waals surface area contributed by atoms with Crippen LogP contribution in [-0.4, -0.2) is 5.78 Å². The Morgan fingerprint density at radius 1 is 0.867 bits per heavy atom. The number of carbonyl (C=O) groups excluding carboxylic acids is 1. The summed E-state index contributed by atoms with van der Waals surface area (Å²) in [6.07, 6.45) is 3.17. The van der Waals surface area contributed by atoms with Gasteiger partial charge < -0.3 is 0 Å². The number of ketones is 1. The molecule has 3 aromatic rings. The van der Waals surface area contributed by atoms with Crippen LogP contribution in [0.1, 0.15) is 30.0 Å². The van der Waals surface area contributed by atoms with Crippen LogP contribution in [0.2, 0.25) is 0 Å². The van der Waals surface area contributed by atoms with Crippen molar-refractivity contribution < 1.29 is 38.2 Å². The van der Waals surface area contributed by atoms with E-state index >= 15 is 0 Å². The minimum Gasteiger partial charge on any atom is -0.292 e. The van der Waals surface area contributed by atoms with Gasteiger partial charge in [0.1, 0.15) is 5.92 Å². The number of carbonyl (C=O) groups is 1. The Bertz CT molecular complexity index is 1060. The highest BCUT2D eigenvalue weighted by Crippen LogP contribution is 2.40. The van der Waals surface area contributed by atoms with Crippen LogP contribution in [0.4, 0.5) is 0 Å². The van der Waals surface area contributed by atoms with Crippen LogP contribution in [0.25, 0.3) is 22.4 Å². The second-order valence-corrected chi connectivity index (χ2v) is 8.17. The third kappa shape index (κ3) is 4.28. The van der Waals surface area contributed by atoms with Gasteiger partial charge in [-0.25, -0.2) is 18.6 Å². The number of rotatable bonds is 2. The molecule has 0 saturated carbocycles. The SMILES string of the molecule is O=C1C[n+]2c(-c3ccccc3)cc(-c3ccccc3)c3c2C1CCC3.[O-][Cl+3]([O-])([O-])[O-]. The lowest BCUT2D eigenvalue weighted by Crippen LogP contribution is -2.68. The van der Waals surface area contributed by atoms with E-state index in [9.17, 15) is 4.79 Å². The predicted molar refractivity (Wildman–Crippen MR) is 98.2 cm³/mol. The van der Waals surface area contributed by atoms with Crippen LogP contribution in [0.5, 0.6) is 0 Å². The van der Waals surface area contributed by atoms with Crippen molar-refractivity contribution in [2.24, 2.45) is 0 Å². The predicted octanol–water partition coefficient (Wildman–Crippen LogP) is -0.445. The van der Waals surface area contributed by atoms with E-state index in [4.69, 9.17) is 18.6 Å². The van der Waals surface area contributed by atoms with Crippen molar-refractivity contribution in [3.05, 3.63) is 78.0 Å². The molecule has 1 aromatic heterocycles. The van der Waals surface area contributed by atoms with E-state index in [0.29, 0.717) is 12.3 Å². The Morgan fingerprint density at radius 2 is 1.43 bits per heavy atom. The van der Waals surface area contributed by atoms with Crippen molar-refractivity contribution in [3.8, 4) is 22.4 Å². The van der Waals surface area contributed by atoms with Gasteiger partial charge >= 0.3 is 0 Å². The van der Waals surface area contributed by atoms with Gasteiger partial charge in [-0.1, -0.05) is 48.5 Å². The first-order valence-corrected chi connectivity index (χ1v) is 10.9. The molecule has 0 amide bonds. The molecule has 2 heterocycles. The molecule has 1 atom stereocenters. The first-order chi connectivity index (χ1) is 14.3. The molecule has 0 N–H and O–H groups in total. The molecule has 7 heteroatoms. The monoisotopic (exact) mass is 425 g/mol. The zero-order chi connectivity index (χ0) is 21.3. The minimum atomic E-state index is -4.94. The number of aromatic nitrogens is 1. The summed E-state index contributed by atoms with van der Waals surface area (Å²) in [5, 5.41) is 0.